The molecule has 0 aliphatic rings. The van der Waals surface area contributed by atoms with Crippen LogP contribution in [-0.4, -0.2) is 30.0 Å². The molecular weight excluding hydrogens is 456 g/mol. The van der Waals surface area contributed by atoms with Crippen molar-refractivity contribution in [3.8, 4) is 0 Å². The highest BCUT2D eigenvalue weighted by molar-refractivity contribution is 7.81. The quantitative estimate of drug-likeness (QED) is 0.348. The molecule has 0 bridgehead atoms. The molecule has 0 saturated carbocycles. The van der Waals surface area contributed by atoms with Crippen LogP contribution in [0.15, 0.2) is 84.9 Å². The SMILES string of the molecule is O=C(NCCc1ccccc1)c1ccccc1N(c1nsnc1Cc1ccccc1)S(=O)O. The van der Waals surface area contributed by atoms with E-state index in [4.69, 9.17) is 0 Å². The molecule has 0 aliphatic heterocycles. The number of hydrogen-bond acceptors (Lipinski definition) is 5. The number of nitrogens with one attached hydrogen (secondary N) is 1. The van der Waals surface area contributed by atoms with Gasteiger partial charge in [0.05, 0.1) is 23.0 Å². The molecule has 3 aromatic carbocycles. The van der Waals surface area contributed by atoms with Crippen LogP contribution < -0.4 is 9.62 Å². The van der Waals surface area contributed by atoms with E-state index in [-0.39, 0.29) is 23.0 Å². The topological polar surface area (TPSA) is 95.4 Å². The van der Waals surface area contributed by atoms with Crippen molar-refractivity contribution in [2.75, 3.05) is 10.8 Å². The number of benzene rings is 3. The maximum absolute atomic E-state index is 13.0. The Bertz CT molecular complexity index is 1230. The van der Waals surface area contributed by atoms with Gasteiger partial charge < -0.3 is 5.32 Å². The van der Waals surface area contributed by atoms with E-state index in [1.165, 1.54) is 0 Å². The lowest BCUT2D eigenvalue weighted by Crippen LogP contribution is -2.29. The summed E-state index contributed by atoms with van der Waals surface area (Å²) in [5, 5.41) is 2.90. The first-order chi connectivity index (χ1) is 16.1. The third-order valence-electron chi connectivity index (χ3n) is 5.01. The van der Waals surface area contributed by atoms with E-state index in [2.05, 4.69) is 14.1 Å². The minimum atomic E-state index is -2.46. The van der Waals surface area contributed by atoms with Gasteiger partial charge in [-0.15, -0.1) is 0 Å². The summed E-state index contributed by atoms with van der Waals surface area (Å²) in [6.07, 6.45) is 1.13. The van der Waals surface area contributed by atoms with Gasteiger partial charge in [0.15, 0.2) is 5.82 Å². The molecule has 33 heavy (non-hydrogen) atoms. The van der Waals surface area contributed by atoms with E-state index in [1.807, 2.05) is 60.7 Å². The van der Waals surface area contributed by atoms with Crippen molar-refractivity contribution >= 4 is 40.4 Å². The second kappa shape index (κ2) is 11.0. The van der Waals surface area contributed by atoms with Crippen molar-refractivity contribution in [1.29, 1.82) is 0 Å². The largest absolute Gasteiger partial charge is 0.352 e. The summed E-state index contributed by atoms with van der Waals surface area (Å²) >= 11 is -1.49. The molecule has 7 nitrogen and oxygen atoms in total. The van der Waals surface area contributed by atoms with E-state index < -0.39 is 11.3 Å². The van der Waals surface area contributed by atoms with Crippen molar-refractivity contribution < 1.29 is 13.6 Å². The van der Waals surface area contributed by atoms with Crippen LogP contribution >= 0.6 is 11.7 Å². The fraction of sp³-hybridized carbons (Fsp3) is 0.125. The average molecular weight is 479 g/mol. The first-order valence-electron chi connectivity index (χ1n) is 10.3. The molecule has 168 valence electrons. The van der Waals surface area contributed by atoms with Gasteiger partial charge in [0, 0.05) is 13.0 Å². The van der Waals surface area contributed by atoms with Gasteiger partial charge >= 0.3 is 0 Å². The number of hydrogen-bond donors (Lipinski definition) is 2. The van der Waals surface area contributed by atoms with Gasteiger partial charge in [-0.3, -0.25) is 9.35 Å². The lowest BCUT2D eigenvalue weighted by atomic mass is 10.1. The molecular formula is C24H22N4O3S2. The number of carbonyl (C=O) groups is 1. The zero-order valence-electron chi connectivity index (χ0n) is 17.6. The van der Waals surface area contributed by atoms with E-state index in [0.29, 0.717) is 25.1 Å². The summed E-state index contributed by atoms with van der Waals surface area (Å²) in [6.45, 7) is 0.441. The highest BCUT2D eigenvalue weighted by Crippen LogP contribution is 2.32. The van der Waals surface area contributed by atoms with Crippen LogP contribution in [0.4, 0.5) is 11.5 Å². The fourth-order valence-electron chi connectivity index (χ4n) is 3.43. The Morgan fingerprint density at radius 2 is 1.55 bits per heavy atom. The molecule has 2 N–H and O–H groups in total. The minimum Gasteiger partial charge on any atom is -0.352 e. The number of para-hydroxylation sites is 1. The third-order valence-corrected chi connectivity index (χ3v) is 6.25. The Kier molecular flexibility index (Phi) is 7.56. The Morgan fingerprint density at radius 1 is 0.909 bits per heavy atom. The zero-order valence-corrected chi connectivity index (χ0v) is 19.3. The van der Waals surface area contributed by atoms with Crippen LogP contribution in [0, 0.1) is 0 Å². The van der Waals surface area contributed by atoms with E-state index >= 15 is 0 Å². The Balaban J connectivity index is 1.58. The number of carbonyl (C=O) groups excluding carboxylic acids is 1. The number of rotatable bonds is 9. The van der Waals surface area contributed by atoms with Crippen molar-refractivity contribution in [2.45, 2.75) is 12.8 Å². The summed E-state index contributed by atoms with van der Waals surface area (Å²) < 4.78 is 32.4. The zero-order chi connectivity index (χ0) is 23.0. The summed E-state index contributed by atoms with van der Waals surface area (Å²) in [4.78, 5) is 13.0. The van der Waals surface area contributed by atoms with Gasteiger partial charge in [0.2, 0.25) is 0 Å². The van der Waals surface area contributed by atoms with Gasteiger partial charge in [-0.1, -0.05) is 72.8 Å². The molecule has 4 rings (SSSR count). The Hall–Kier alpha value is -3.40. The van der Waals surface area contributed by atoms with Gasteiger partial charge in [-0.05, 0) is 29.7 Å². The number of amides is 1. The number of nitrogens with zero attached hydrogens (tertiary/aromatic N) is 3. The van der Waals surface area contributed by atoms with Crippen LogP contribution in [0.1, 0.15) is 27.2 Å². The smallest absolute Gasteiger partial charge is 0.268 e. The third kappa shape index (κ3) is 5.70. The maximum Gasteiger partial charge on any atom is 0.268 e. The normalized spacial score (nSPS) is 11.7. The lowest BCUT2D eigenvalue weighted by Gasteiger charge is -2.21. The first kappa shape index (κ1) is 22.8. The Morgan fingerprint density at radius 3 is 2.24 bits per heavy atom. The molecule has 0 aliphatic carbocycles. The van der Waals surface area contributed by atoms with E-state index in [0.717, 1.165) is 27.2 Å². The second-order valence-electron chi connectivity index (χ2n) is 7.23. The van der Waals surface area contributed by atoms with E-state index in [9.17, 15) is 13.6 Å². The molecule has 4 aromatic rings. The molecule has 0 fully saturated rings. The van der Waals surface area contributed by atoms with Crippen molar-refractivity contribution in [3.05, 3.63) is 107 Å². The van der Waals surface area contributed by atoms with Crippen LogP contribution in [0.2, 0.25) is 0 Å². The van der Waals surface area contributed by atoms with Gasteiger partial charge in [0.1, 0.15) is 5.69 Å². The van der Waals surface area contributed by atoms with Crippen LogP contribution in [0.3, 0.4) is 0 Å². The standard InChI is InChI=1S/C24H22N4O3S2/c29-24(25-16-15-18-9-3-1-4-10-18)20-13-7-8-14-22(20)28(33(30)31)23-21(26-32-27-23)17-19-11-5-2-6-12-19/h1-14H,15-17H2,(H,25,29)(H,30,31). The molecule has 0 saturated heterocycles. The van der Waals surface area contributed by atoms with E-state index in [1.54, 1.807) is 24.3 Å². The molecule has 1 amide bonds. The number of aromatic nitrogens is 2. The summed E-state index contributed by atoms with van der Waals surface area (Å²) in [6, 6.07) is 26.2. The highest BCUT2D eigenvalue weighted by Gasteiger charge is 2.26. The predicted molar refractivity (Wildman–Crippen MR) is 131 cm³/mol. The van der Waals surface area contributed by atoms with Crippen molar-refractivity contribution in [1.82, 2.24) is 14.1 Å². The van der Waals surface area contributed by atoms with Crippen LogP contribution in [0.25, 0.3) is 0 Å². The Labute approximate surface area is 198 Å². The molecule has 0 radical (unpaired) electrons. The first-order valence-corrected chi connectivity index (χ1v) is 12.1. The van der Waals surface area contributed by atoms with Gasteiger partial charge in [-0.25, -0.2) is 8.51 Å². The van der Waals surface area contributed by atoms with Crippen molar-refractivity contribution in [3.63, 3.8) is 0 Å². The molecule has 1 atom stereocenters. The summed E-state index contributed by atoms with van der Waals surface area (Å²) in [7, 11) is 0. The predicted octanol–water partition coefficient (Wildman–Crippen LogP) is 4.38. The molecule has 1 unspecified atom stereocenters. The molecule has 1 aromatic heterocycles. The van der Waals surface area contributed by atoms with Gasteiger partial charge in [0.25, 0.3) is 17.2 Å². The fourth-order valence-corrected chi connectivity index (χ4v) is 4.66. The van der Waals surface area contributed by atoms with Crippen LogP contribution in [0.5, 0.6) is 0 Å². The molecule has 1 heterocycles. The lowest BCUT2D eigenvalue weighted by molar-refractivity contribution is 0.0955. The van der Waals surface area contributed by atoms with Crippen LogP contribution in [-0.2, 0) is 24.1 Å². The minimum absolute atomic E-state index is 0.259. The molecule has 0 spiro atoms. The van der Waals surface area contributed by atoms with Crippen molar-refractivity contribution in [2.24, 2.45) is 0 Å². The monoisotopic (exact) mass is 478 g/mol. The summed E-state index contributed by atoms with van der Waals surface area (Å²) in [5.41, 5.74) is 3.25. The average Bonchev–Trinajstić information content (AvgIpc) is 3.28. The number of anilines is 2. The second-order valence-corrected chi connectivity index (χ2v) is 8.59. The maximum atomic E-state index is 13.0. The highest BCUT2D eigenvalue weighted by atomic mass is 32.2. The van der Waals surface area contributed by atoms with Gasteiger partial charge in [-0.2, -0.15) is 8.75 Å². The molecule has 9 heteroatoms. The summed E-state index contributed by atoms with van der Waals surface area (Å²) in [5.74, 6) is -0.0704.